The molecule has 0 bridgehead atoms. The fourth-order valence-electron chi connectivity index (χ4n) is 4.19. The largest absolute Gasteiger partial charge is 0.344 e. The fraction of sp³-hybridized carbons (Fsp3) is 0.125. The molecule has 4 heteroatoms. The van der Waals surface area contributed by atoms with E-state index in [-0.39, 0.29) is 5.91 Å². The third-order valence-corrected chi connectivity index (χ3v) is 5.61. The lowest BCUT2D eigenvalue weighted by atomic mass is 10.0. The van der Waals surface area contributed by atoms with Crippen molar-refractivity contribution in [1.82, 2.24) is 0 Å². The SMILES string of the molecule is O=C1/C(=C2/CCCN2c2ccccc2)c2ccccc2N1c1cccc(Cl)c1. The Bertz CT molecular complexity index is 1090. The van der Waals surface area contributed by atoms with E-state index >= 15 is 0 Å². The minimum atomic E-state index is 0.0151. The molecule has 28 heavy (non-hydrogen) atoms. The molecule has 0 saturated carbocycles. The molecule has 5 rings (SSSR count). The number of allylic oxidation sites excluding steroid dienone is 1. The maximum atomic E-state index is 13.6. The number of hydrogen-bond acceptors (Lipinski definition) is 2. The average molecular weight is 387 g/mol. The Morgan fingerprint density at radius 3 is 2.39 bits per heavy atom. The number of anilines is 3. The van der Waals surface area contributed by atoms with Gasteiger partial charge in [0.1, 0.15) is 0 Å². The molecular weight excluding hydrogens is 368 g/mol. The first-order valence-corrected chi connectivity index (χ1v) is 9.87. The number of carbonyl (C=O) groups excluding carboxylic acids is 1. The number of carbonyl (C=O) groups is 1. The standard InChI is InChI=1S/C24H19ClN2O/c25-17-8-6-11-19(16-17)27-21-13-5-4-12-20(21)23(24(27)28)22-14-7-15-26(22)18-9-2-1-3-10-18/h1-6,8-13,16H,7,14-15H2/b23-22-. The molecule has 0 atom stereocenters. The van der Waals surface area contributed by atoms with E-state index in [2.05, 4.69) is 17.0 Å². The molecule has 138 valence electrons. The van der Waals surface area contributed by atoms with Gasteiger partial charge in [-0.3, -0.25) is 9.69 Å². The van der Waals surface area contributed by atoms with Crippen LogP contribution in [0.15, 0.2) is 84.6 Å². The molecule has 3 aromatic carbocycles. The Morgan fingerprint density at radius 1 is 0.821 bits per heavy atom. The van der Waals surface area contributed by atoms with Crippen LogP contribution in [-0.2, 0) is 4.79 Å². The molecule has 1 fully saturated rings. The lowest BCUT2D eigenvalue weighted by Gasteiger charge is -2.22. The normalized spacial score (nSPS) is 18.7. The molecule has 3 nitrogen and oxygen atoms in total. The van der Waals surface area contributed by atoms with Crippen LogP contribution < -0.4 is 9.80 Å². The van der Waals surface area contributed by atoms with Crippen molar-refractivity contribution in [1.29, 1.82) is 0 Å². The van der Waals surface area contributed by atoms with Crippen molar-refractivity contribution in [2.24, 2.45) is 0 Å². The van der Waals surface area contributed by atoms with Crippen molar-refractivity contribution in [2.45, 2.75) is 12.8 Å². The number of fused-ring (bicyclic) bond motifs is 1. The van der Waals surface area contributed by atoms with E-state index in [1.54, 1.807) is 4.90 Å². The molecular formula is C24H19ClN2O. The second-order valence-electron chi connectivity index (χ2n) is 7.05. The number of para-hydroxylation sites is 2. The van der Waals surface area contributed by atoms with Crippen LogP contribution in [0.5, 0.6) is 0 Å². The van der Waals surface area contributed by atoms with Crippen LogP contribution in [0.2, 0.25) is 5.02 Å². The zero-order valence-electron chi connectivity index (χ0n) is 15.3. The molecule has 2 aliphatic heterocycles. The third kappa shape index (κ3) is 2.71. The van der Waals surface area contributed by atoms with Gasteiger partial charge < -0.3 is 4.90 Å². The Labute approximate surface area is 169 Å². The zero-order valence-corrected chi connectivity index (χ0v) is 16.1. The van der Waals surface area contributed by atoms with Gasteiger partial charge in [0.15, 0.2) is 0 Å². The number of hydrogen-bond donors (Lipinski definition) is 0. The molecule has 1 saturated heterocycles. The first kappa shape index (κ1) is 17.1. The van der Waals surface area contributed by atoms with Gasteiger partial charge in [0.05, 0.1) is 16.9 Å². The summed E-state index contributed by atoms with van der Waals surface area (Å²) in [6.45, 7) is 0.926. The lowest BCUT2D eigenvalue weighted by Crippen LogP contribution is -2.24. The summed E-state index contributed by atoms with van der Waals surface area (Å²) in [5.41, 5.74) is 5.74. The molecule has 0 spiro atoms. The van der Waals surface area contributed by atoms with Gasteiger partial charge in [0.25, 0.3) is 5.91 Å². The predicted molar refractivity (Wildman–Crippen MR) is 115 cm³/mol. The van der Waals surface area contributed by atoms with Gasteiger partial charge in [0, 0.05) is 28.5 Å². The summed E-state index contributed by atoms with van der Waals surface area (Å²) in [7, 11) is 0. The smallest absolute Gasteiger partial charge is 0.265 e. The zero-order chi connectivity index (χ0) is 19.1. The first-order chi connectivity index (χ1) is 13.7. The van der Waals surface area contributed by atoms with Crippen molar-refractivity contribution in [3.05, 3.63) is 95.1 Å². The van der Waals surface area contributed by atoms with Crippen LogP contribution >= 0.6 is 11.6 Å². The molecule has 0 radical (unpaired) electrons. The van der Waals surface area contributed by atoms with Crippen molar-refractivity contribution in [3.63, 3.8) is 0 Å². The van der Waals surface area contributed by atoms with Gasteiger partial charge in [-0.2, -0.15) is 0 Å². The highest BCUT2D eigenvalue weighted by atomic mass is 35.5. The van der Waals surface area contributed by atoms with Crippen LogP contribution in [0, 0.1) is 0 Å². The Morgan fingerprint density at radius 2 is 1.57 bits per heavy atom. The van der Waals surface area contributed by atoms with Crippen LogP contribution in [0.4, 0.5) is 17.1 Å². The number of benzene rings is 3. The molecule has 2 heterocycles. The van der Waals surface area contributed by atoms with Crippen LogP contribution in [0.25, 0.3) is 5.57 Å². The summed E-state index contributed by atoms with van der Waals surface area (Å²) >= 11 is 6.21. The number of nitrogens with zero attached hydrogens (tertiary/aromatic N) is 2. The number of amides is 1. The van der Waals surface area contributed by atoms with Gasteiger partial charge in [-0.1, -0.05) is 54.1 Å². The second-order valence-corrected chi connectivity index (χ2v) is 7.49. The van der Waals surface area contributed by atoms with Crippen LogP contribution in [0.1, 0.15) is 18.4 Å². The van der Waals surface area contributed by atoms with Crippen molar-refractivity contribution >= 4 is 40.1 Å². The van der Waals surface area contributed by atoms with Crippen LogP contribution in [0.3, 0.4) is 0 Å². The lowest BCUT2D eigenvalue weighted by molar-refractivity contribution is -0.112. The van der Waals surface area contributed by atoms with E-state index in [9.17, 15) is 4.79 Å². The maximum absolute atomic E-state index is 13.6. The summed E-state index contributed by atoms with van der Waals surface area (Å²) < 4.78 is 0. The molecule has 0 aliphatic carbocycles. The summed E-state index contributed by atoms with van der Waals surface area (Å²) in [6, 6.07) is 25.8. The summed E-state index contributed by atoms with van der Waals surface area (Å²) in [6.07, 6.45) is 1.94. The van der Waals surface area contributed by atoms with Crippen molar-refractivity contribution in [3.8, 4) is 0 Å². The van der Waals surface area contributed by atoms with E-state index in [1.165, 1.54) is 0 Å². The highest BCUT2D eigenvalue weighted by molar-refractivity contribution is 6.36. The first-order valence-electron chi connectivity index (χ1n) is 9.49. The van der Waals surface area contributed by atoms with Gasteiger partial charge in [-0.15, -0.1) is 0 Å². The summed E-state index contributed by atoms with van der Waals surface area (Å²) in [5.74, 6) is 0.0151. The highest BCUT2D eigenvalue weighted by Crippen LogP contribution is 2.45. The molecule has 0 aromatic heterocycles. The summed E-state index contributed by atoms with van der Waals surface area (Å²) in [5, 5.41) is 0.621. The topological polar surface area (TPSA) is 23.6 Å². The minimum absolute atomic E-state index is 0.0151. The summed E-state index contributed by atoms with van der Waals surface area (Å²) in [4.78, 5) is 17.7. The van der Waals surface area contributed by atoms with E-state index in [0.717, 1.165) is 53.3 Å². The van der Waals surface area contributed by atoms with E-state index in [0.29, 0.717) is 5.02 Å². The molecule has 0 unspecified atom stereocenters. The average Bonchev–Trinajstić information content (AvgIpc) is 3.30. The van der Waals surface area contributed by atoms with Crippen LogP contribution in [-0.4, -0.2) is 12.5 Å². The third-order valence-electron chi connectivity index (χ3n) is 5.38. The second kappa shape index (κ2) is 6.84. The van der Waals surface area contributed by atoms with Gasteiger partial charge >= 0.3 is 0 Å². The van der Waals surface area contributed by atoms with E-state index in [4.69, 9.17) is 11.6 Å². The number of rotatable bonds is 2. The molecule has 0 N–H and O–H groups in total. The van der Waals surface area contributed by atoms with Crippen molar-refractivity contribution in [2.75, 3.05) is 16.3 Å². The van der Waals surface area contributed by atoms with E-state index < -0.39 is 0 Å². The Hall–Kier alpha value is -3.04. The monoisotopic (exact) mass is 386 g/mol. The molecule has 3 aromatic rings. The van der Waals surface area contributed by atoms with Gasteiger partial charge in [-0.05, 0) is 49.2 Å². The predicted octanol–water partition coefficient (Wildman–Crippen LogP) is 6.03. The van der Waals surface area contributed by atoms with E-state index in [1.807, 2.05) is 66.7 Å². The maximum Gasteiger partial charge on any atom is 0.265 e. The number of halogens is 1. The fourth-order valence-corrected chi connectivity index (χ4v) is 4.38. The Balaban J connectivity index is 1.68. The van der Waals surface area contributed by atoms with Crippen molar-refractivity contribution < 1.29 is 4.79 Å². The van der Waals surface area contributed by atoms with Gasteiger partial charge in [0.2, 0.25) is 0 Å². The quantitative estimate of drug-likeness (QED) is 0.502. The molecule has 2 aliphatic rings. The Kier molecular flexibility index (Phi) is 4.18. The molecule has 1 amide bonds. The highest BCUT2D eigenvalue weighted by Gasteiger charge is 2.38. The van der Waals surface area contributed by atoms with Gasteiger partial charge in [-0.25, -0.2) is 0 Å². The minimum Gasteiger partial charge on any atom is -0.344 e.